The quantitative estimate of drug-likeness (QED) is 0.860. The summed E-state index contributed by atoms with van der Waals surface area (Å²) >= 11 is 0. The highest BCUT2D eigenvalue weighted by molar-refractivity contribution is 5.15. The Morgan fingerprint density at radius 2 is 2.00 bits per heavy atom. The standard InChI is InChI=1S/C16H24N2/c1-16(2)9-8-14-11-18(12-15(14)17-16)10-13-6-4-3-5-7-13/h3-7,14-15,17H,8-12H2,1-2H3. The zero-order chi connectivity index (χ0) is 12.6. The van der Waals surface area contributed by atoms with Crippen molar-refractivity contribution in [2.24, 2.45) is 5.92 Å². The first kappa shape index (κ1) is 12.2. The summed E-state index contributed by atoms with van der Waals surface area (Å²) in [4.78, 5) is 2.61. The topological polar surface area (TPSA) is 15.3 Å². The molecule has 2 aliphatic rings. The van der Waals surface area contributed by atoms with E-state index in [1.807, 2.05) is 0 Å². The Kier molecular flexibility index (Phi) is 3.16. The van der Waals surface area contributed by atoms with Crippen LogP contribution in [0.25, 0.3) is 0 Å². The summed E-state index contributed by atoms with van der Waals surface area (Å²) in [6, 6.07) is 11.5. The number of hydrogen-bond acceptors (Lipinski definition) is 2. The Morgan fingerprint density at radius 1 is 1.22 bits per heavy atom. The van der Waals surface area contributed by atoms with Crippen LogP contribution < -0.4 is 5.32 Å². The van der Waals surface area contributed by atoms with Gasteiger partial charge in [0.15, 0.2) is 0 Å². The fourth-order valence-corrected chi connectivity index (χ4v) is 3.51. The number of piperidine rings is 1. The molecule has 3 rings (SSSR count). The van der Waals surface area contributed by atoms with Crippen molar-refractivity contribution in [2.75, 3.05) is 13.1 Å². The lowest BCUT2D eigenvalue weighted by molar-refractivity contribution is 0.210. The highest BCUT2D eigenvalue weighted by Gasteiger charge is 2.39. The Labute approximate surface area is 110 Å². The maximum atomic E-state index is 3.83. The Bertz CT molecular complexity index is 399. The zero-order valence-corrected chi connectivity index (χ0v) is 11.5. The molecule has 0 amide bonds. The maximum Gasteiger partial charge on any atom is 0.0240 e. The van der Waals surface area contributed by atoms with E-state index >= 15 is 0 Å². The number of hydrogen-bond donors (Lipinski definition) is 1. The smallest absolute Gasteiger partial charge is 0.0240 e. The minimum atomic E-state index is 0.337. The molecule has 1 N–H and O–H groups in total. The summed E-state index contributed by atoms with van der Waals surface area (Å²) < 4.78 is 0. The number of nitrogens with zero attached hydrogens (tertiary/aromatic N) is 1. The van der Waals surface area contributed by atoms with Crippen LogP contribution in [0, 0.1) is 5.92 Å². The highest BCUT2D eigenvalue weighted by Crippen LogP contribution is 2.32. The summed E-state index contributed by atoms with van der Waals surface area (Å²) in [5.74, 6) is 0.863. The van der Waals surface area contributed by atoms with Crippen LogP contribution in [-0.2, 0) is 6.54 Å². The molecule has 0 saturated carbocycles. The molecule has 18 heavy (non-hydrogen) atoms. The van der Waals surface area contributed by atoms with E-state index in [2.05, 4.69) is 54.4 Å². The average molecular weight is 244 g/mol. The van der Waals surface area contributed by atoms with Crippen molar-refractivity contribution in [1.82, 2.24) is 10.2 Å². The van der Waals surface area contributed by atoms with Crippen LogP contribution in [-0.4, -0.2) is 29.6 Å². The summed E-state index contributed by atoms with van der Waals surface area (Å²) in [6.07, 6.45) is 2.70. The Morgan fingerprint density at radius 3 is 2.78 bits per heavy atom. The summed E-state index contributed by atoms with van der Waals surface area (Å²) in [5, 5.41) is 3.83. The van der Waals surface area contributed by atoms with Crippen LogP contribution in [0.15, 0.2) is 30.3 Å². The Balaban J connectivity index is 1.62. The van der Waals surface area contributed by atoms with Crippen molar-refractivity contribution in [2.45, 2.75) is 44.8 Å². The SMILES string of the molecule is CC1(C)CCC2CN(Cc3ccccc3)CC2N1. The fourth-order valence-electron chi connectivity index (χ4n) is 3.51. The molecule has 2 unspecified atom stereocenters. The number of likely N-dealkylation sites (tertiary alicyclic amines) is 1. The third-order valence-electron chi connectivity index (χ3n) is 4.48. The van der Waals surface area contributed by atoms with Gasteiger partial charge < -0.3 is 5.32 Å². The fraction of sp³-hybridized carbons (Fsp3) is 0.625. The molecule has 2 atom stereocenters. The third kappa shape index (κ3) is 2.60. The van der Waals surface area contributed by atoms with Crippen molar-refractivity contribution in [3.8, 4) is 0 Å². The van der Waals surface area contributed by atoms with Gasteiger partial charge in [-0.1, -0.05) is 30.3 Å². The molecule has 2 heteroatoms. The first-order chi connectivity index (χ1) is 8.62. The lowest BCUT2D eigenvalue weighted by Crippen LogP contribution is -2.53. The predicted octanol–water partition coefficient (Wildman–Crippen LogP) is 2.65. The monoisotopic (exact) mass is 244 g/mol. The lowest BCUT2D eigenvalue weighted by Gasteiger charge is -2.38. The van der Waals surface area contributed by atoms with Gasteiger partial charge in [-0.2, -0.15) is 0 Å². The van der Waals surface area contributed by atoms with Crippen LogP contribution in [0.3, 0.4) is 0 Å². The molecule has 0 aromatic heterocycles. The van der Waals surface area contributed by atoms with Gasteiger partial charge in [0.25, 0.3) is 0 Å². The van der Waals surface area contributed by atoms with E-state index in [-0.39, 0.29) is 0 Å². The molecule has 2 nitrogen and oxygen atoms in total. The molecule has 98 valence electrons. The van der Waals surface area contributed by atoms with Crippen LogP contribution in [0.1, 0.15) is 32.3 Å². The molecule has 0 spiro atoms. The maximum absolute atomic E-state index is 3.83. The van der Waals surface area contributed by atoms with E-state index in [0.29, 0.717) is 11.6 Å². The molecule has 2 heterocycles. The minimum Gasteiger partial charge on any atom is -0.307 e. The lowest BCUT2D eigenvalue weighted by atomic mass is 9.83. The molecule has 0 bridgehead atoms. The van der Waals surface area contributed by atoms with Crippen LogP contribution in [0.5, 0.6) is 0 Å². The van der Waals surface area contributed by atoms with Gasteiger partial charge in [0.1, 0.15) is 0 Å². The molecule has 2 fully saturated rings. The van der Waals surface area contributed by atoms with Gasteiger partial charge in [-0.05, 0) is 38.2 Å². The second kappa shape index (κ2) is 4.67. The van der Waals surface area contributed by atoms with Gasteiger partial charge in [0.05, 0.1) is 0 Å². The summed E-state index contributed by atoms with van der Waals surface area (Å²) in [7, 11) is 0. The van der Waals surface area contributed by atoms with Gasteiger partial charge >= 0.3 is 0 Å². The van der Waals surface area contributed by atoms with E-state index in [9.17, 15) is 0 Å². The Hall–Kier alpha value is -0.860. The van der Waals surface area contributed by atoms with Crippen molar-refractivity contribution in [3.63, 3.8) is 0 Å². The molecular formula is C16H24N2. The largest absolute Gasteiger partial charge is 0.307 e. The van der Waals surface area contributed by atoms with E-state index in [4.69, 9.17) is 0 Å². The molecule has 1 aromatic rings. The molecular weight excluding hydrogens is 220 g/mol. The van der Waals surface area contributed by atoms with Crippen molar-refractivity contribution < 1.29 is 0 Å². The van der Waals surface area contributed by atoms with Gasteiger partial charge in [0, 0.05) is 31.2 Å². The predicted molar refractivity (Wildman–Crippen MR) is 75.4 cm³/mol. The van der Waals surface area contributed by atoms with Crippen LogP contribution in [0.2, 0.25) is 0 Å². The average Bonchev–Trinajstić information content (AvgIpc) is 2.70. The van der Waals surface area contributed by atoms with E-state index < -0.39 is 0 Å². The first-order valence-electron chi connectivity index (χ1n) is 7.16. The number of nitrogens with one attached hydrogen (secondary N) is 1. The molecule has 1 aromatic carbocycles. The third-order valence-corrected chi connectivity index (χ3v) is 4.48. The molecule has 2 aliphatic heterocycles. The normalized spacial score (nSPS) is 31.2. The van der Waals surface area contributed by atoms with Gasteiger partial charge in [0.2, 0.25) is 0 Å². The molecule has 0 radical (unpaired) electrons. The highest BCUT2D eigenvalue weighted by atomic mass is 15.2. The van der Waals surface area contributed by atoms with Crippen molar-refractivity contribution >= 4 is 0 Å². The minimum absolute atomic E-state index is 0.337. The van der Waals surface area contributed by atoms with E-state index in [1.54, 1.807) is 0 Å². The van der Waals surface area contributed by atoms with Gasteiger partial charge in [-0.15, -0.1) is 0 Å². The van der Waals surface area contributed by atoms with Crippen molar-refractivity contribution in [3.05, 3.63) is 35.9 Å². The first-order valence-corrected chi connectivity index (χ1v) is 7.16. The van der Waals surface area contributed by atoms with E-state index in [1.165, 1.54) is 31.5 Å². The number of benzene rings is 1. The zero-order valence-electron chi connectivity index (χ0n) is 11.5. The van der Waals surface area contributed by atoms with Gasteiger partial charge in [-0.25, -0.2) is 0 Å². The number of rotatable bonds is 2. The number of fused-ring (bicyclic) bond motifs is 1. The summed E-state index contributed by atoms with van der Waals surface area (Å²) in [6.45, 7) is 8.26. The van der Waals surface area contributed by atoms with Gasteiger partial charge in [-0.3, -0.25) is 4.90 Å². The second-order valence-corrected chi connectivity index (χ2v) is 6.61. The molecule has 0 aliphatic carbocycles. The summed E-state index contributed by atoms with van der Waals surface area (Å²) in [5.41, 5.74) is 1.78. The molecule has 2 saturated heterocycles. The van der Waals surface area contributed by atoms with E-state index in [0.717, 1.165) is 12.5 Å². The van der Waals surface area contributed by atoms with Crippen LogP contribution in [0.4, 0.5) is 0 Å². The van der Waals surface area contributed by atoms with Crippen molar-refractivity contribution in [1.29, 1.82) is 0 Å². The second-order valence-electron chi connectivity index (χ2n) is 6.61. The van der Waals surface area contributed by atoms with Crippen LogP contribution >= 0.6 is 0 Å².